The van der Waals surface area contributed by atoms with E-state index < -0.39 is 0 Å². The van der Waals surface area contributed by atoms with Crippen molar-refractivity contribution >= 4 is 17.3 Å². The van der Waals surface area contributed by atoms with Crippen LogP contribution in [0.4, 0.5) is 5.69 Å². The number of nitriles is 2. The second kappa shape index (κ2) is 6.00. The van der Waals surface area contributed by atoms with Gasteiger partial charge >= 0.3 is 0 Å². The fraction of sp³-hybridized carbons (Fsp3) is 0.333. The molecule has 0 atom stereocenters. The number of halogens is 1. The van der Waals surface area contributed by atoms with Crippen molar-refractivity contribution in [2.45, 2.75) is 13.3 Å². The van der Waals surface area contributed by atoms with E-state index in [1.54, 1.807) is 18.2 Å². The van der Waals surface area contributed by atoms with E-state index in [1.807, 2.05) is 11.8 Å². The molecular weight excluding hydrogens is 222 g/mol. The predicted octanol–water partition coefficient (Wildman–Crippen LogP) is 2.95. The van der Waals surface area contributed by atoms with Crippen LogP contribution in [0.2, 0.25) is 5.02 Å². The molecular formula is C12H12ClN3. The van der Waals surface area contributed by atoms with Gasteiger partial charge in [0.2, 0.25) is 0 Å². The van der Waals surface area contributed by atoms with E-state index in [9.17, 15) is 0 Å². The summed E-state index contributed by atoms with van der Waals surface area (Å²) in [5.74, 6) is 0. The predicted molar refractivity (Wildman–Crippen MR) is 64.3 cm³/mol. The van der Waals surface area contributed by atoms with Crippen LogP contribution in [0.1, 0.15) is 18.9 Å². The molecule has 1 aromatic rings. The zero-order valence-electron chi connectivity index (χ0n) is 9.07. The number of anilines is 1. The summed E-state index contributed by atoms with van der Waals surface area (Å²) in [6, 6.07) is 9.39. The lowest BCUT2D eigenvalue weighted by atomic mass is 10.1. The maximum atomic E-state index is 8.99. The smallest absolute Gasteiger partial charge is 0.101 e. The van der Waals surface area contributed by atoms with Crippen LogP contribution in [-0.4, -0.2) is 13.1 Å². The minimum atomic E-state index is 0.436. The van der Waals surface area contributed by atoms with Gasteiger partial charge in [-0.3, -0.25) is 0 Å². The maximum absolute atomic E-state index is 8.99. The van der Waals surface area contributed by atoms with Crippen molar-refractivity contribution in [3.63, 3.8) is 0 Å². The highest BCUT2D eigenvalue weighted by Gasteiger charge is 2.09. The molecule has 0 aromatic heterocycles. The van der Waals surface area contributed by atoms with E-state index in [1.165, 1.54) is 0 Å². The fourth-order valence-electron chi connectivity index (χ4n) is 1.49. The molecule has 82 valence electrons. The molecule has 1 rings (SSSR count). The molecule has 0 spiro atoms. The van der Waals surface area contributed by atoms with Crippen LogP contribution in [0.3, 0.4) is 0 Å². The largest absolute Gasteiger partial charge is 0.370 e. The van der Waals surface area contributed by atoms with Gasteiger partial charge in [0.1, 0.15) is 6.07 Å². The molecule has 0 amide bonds. The molecule has 0 bridgehead atoms. The highest BCUT2D eigenvalue weighted by molar-refractivity contribution is 6.30. The molecule has 0 saturated carbocycles. The van der Waals surface area contributed by atoms with Crippen LogP contribution in [0.15, 0.2) is 18.2 Å². The van der Waals surface area contributed by atoms with Crippen LogP contribution < -0.4 is 4.90 Å². The second-order valence-corrected chi connectivity index (χ2v) is 3.70. The molecule has 0 radical (unpaired) electrons. The molecule has 0 aliphatic heterocycles. The van der Waals surface area contributed by atoms with Gasteiger partial charge in [0.15, 0.2) is 0 Å². The molecule has 4 heteroatoms. The summed E-state index contributed by atoms with van der Waals surface area (Å²) >= 11 is 5.91. The summed E-state index contributed by atoms with van der Waals surface area (Å²) in [4.78, 5) is 1.98. The normalized spacial score (nSPS) is 9.25. The second-order valence-electron chi connectivity index (χ2n) is 3.26. The Labute approximate surface area is 100 Å². The highest BCUT2D eigenvalue weighted by atomic mass is 35.5. The fourth-order valence-corrected chi connectivity index (χ4v) is 1.66. The first-order valence-electron chi connectivity index (χ1n) is 5.04. The Morgan fingerprint density at radius 2 is 2.12 bits per heavy atom. The van der Waals surface area contributed by atoms with Gasteiger partial charge in [-0.1, -0.05) is 11.6 Å². The zero-order valence-corrected chi connectivity index (χ0v) is 9.83. The first-order chi connectivity index (χ1) is 7.72. The summed E-state index contributed by atoms with van der Waals surface area (Å²) in [5.41, 5.74) is 1.39. The Morgan fingerprint density at radius 3 is 2.69 bits per heavy atom. The lowest BCUT2D eigenvalue weighted by Gasteiger charge is -2.23. The van der Waals surface area contributed by atoms with Gasteiger partial charge in [-0.15, -0.1) is 0 Å². The minimum absolute atomic E-state index is 0.436. The molecule has 0 unspecified atom stereocenters. The van der Waals surface area contributed by atoms with Crippen molar-refractivity contribution in [1.82, 2.24) is 0 Å². The molecule has 0 aliphatic carbocycles. The molecule has 3 nitrogen and oxygen atoms in total. The van der Waals surface area contributed by atoms with Crippen LogP contribution in [0, 0.1) is 22.7 Å². The van der Waals surface area contributed by atoms with Gasteiger partial charge in [0, 0.05) is 18.1 Å². The number of hydrogen-bond donors (Lipinski definition) is 0. The van der Waals surface area contributed by atoms with Crippen molar-refractivity contribution < 1.29 is 0 Å². The van der Waals surface area contributed by atoms with Gasteiger partial charge in [-0.2, -0.15) is 10.5 Å². The summed E-state index contributed by atoms with van der Waals surface area (Å²) in [6.45, 7) is 3.35. The van der Waals surface area contributed by atoms with Crippen molar-refractivity contribution in [3.05, 3.63) is 28.8 Å². The molecule has 0 heterocycles. The Bertz CT molecular complexity index is 443. The summed E-state index contributed by atoms with van der Waals surface area (Å²) in [5, 5.41) is 18.2. The van der Waals surface area contributed by atoms with Crippen LogP contribution in [0.25, 0.3) is 0 Å². The van der Waals surface area contributed by atoms with E-state index in [0.29, 0.717) is 23.6 Å². The van der Waals surface area contributed by atoms with Gasteiger partial charge in [0.25, 0.3) is 0 Å². The maximum Gasteiger partial charge on any atom is 0.101 e. The first-order valence-corrected chi connectivity index (χ1v) is 5.42. The first kappa shape index (κ1) is 12.4. The van der Waals surface area contributed by atoms with E-state index in [-0.39, 0.29) is 0 Å². The van der Waals surface area contributed by atoms with E-state index >= 15 is 0 Å². The Balaban J connectivity index is 3.04. The van der Waals surface area contributed by atoms with Crippen LogP contribution in [-0.2, 0) is 0 Å². The highest BCUT2D eigenvalue weighted by Crippen LogP contribution is 2.24. The van der Waals surface area contributed by atoms with E-state index in [4.69, 9.17) is 22.1 Å². The minimum Gasteiger partial charge on any atom is -0.370 e. The van der Waals surface area contributed by atoms with E-state index in [0.717, 1.165) is 12.2 Å². The lowest BCUT2D eigenvalue weighted by Crippen LogP contribution is -2.24. The van der Waals surface area contributed by atoms with Crippen molar-refractivity contribution in [2.75, 3.05) is 18.0 Å². The van der Waals surface area contributed by atoms with Gasteiger partial charge in [0.05, 0.1) is 23.7 Å². The standard InChI is InChI=1S/C12H12ClN3/c1-2-16(7-3-6-14)12-8-11(13)5-4-10(12)9-15/h4-5,8H,2-3,7H2,1H3. The summed E-state index contributed by atoms with van der Waals surface area (Å²) < 4.78 is 0. The van der Waals surface area contributed by atoms with Gasteiger partial charge < -0.3 is 4.90 Å². The molecule has 1 aromatic carbocycles. The van der Waals surface area contributed by atoms with Crippen molar-refractivity contribution in [1.29, 1.82) is 10.5 Å². The SMILES string of the molecule is CCN(CCC#N)c1cc(Cl)ccc1C#N. The topological polar surface area (TPSA) is 50.8 Å². The zero-order chi connectivity index (χ0) is 12.0. The van der Waals surface area contributed by atoms with Gasteiger partial charge in [-0.25, -0.2) is 0 Å². The number of benzene rings is 1. The third-order valence-corrected chi connectivity index (χ3v) is 2.53. The lowest BCUT2D eigenvalue weighted by molar-refractivity contribution is 0.826. The number of hydrogen-bond acceptors (Lipinski definition) is 3. The summed E-state index contributed by atoms with van der Waals surface area (Å²) in [6.07, 6.45) is 0.436. The van der Waals surface area contributed by atoms with Gasteiger partial charge in [-0.05, 0) is 25.1 Å². The molecule has 0 N–H and O–H groups in total. The quantitative estimate of drug-likeness (QED) is 0.804. The third kappa shape index (κ3) is 2.89. The average molecular weight is 234 g/mol. The number of nitrogens with zero attached hydrogens (tertiary/aromatic N) is 3. The van der Waals surface area contributed by atoms with E-state index in [2.05, 4.69) is 12.1 Å². The molecule has 0 fully saturated rings. The Hall–Kier alpha value is -1.71. The number of rotatable bonds is 4. The molecule has 0 aliphatic rings. The summed E-state index contributed by atoms with van der Waals surface area (Å²) in [7, 11) is 0. The van der Waals surface area contributed by atoms with Crippen LogP contribution in [0.5, 0.6) is 0 Å². The van der Waals surface area contributed by atoms with Crippen molar-refractivity contribution in [2.24, 2.45) is 0 Å². The molecule has 16 heavy (non-hydrogen) atoms. The van der Waals surface area contributed by atoms with Crippen LogP contribution >= 0.6 is 11.6 Å². The monoisotopic (exact) mass is 233 g/mol. The Morgan fingerprint density at radius 1 is 1.38 bits per heavy atom. The average Bonchev–Trinajstić information content (AvgIpc) is 2.30. The Kier molecular flexibility index (Phi) is 4.64. The molecule has 0 saturated heterocycles. The third-order valence-electron chi connectivity index (χ3n) is 2.30. The van der Waals surface area contributed by atoms with Crippen molar-refractivity contribution in [3.8, 4) is 12.1 Å².